The van der Waals surface area contributed by atoms with Crippen LogP contribution in [0.15, 0.2) is 54.6 Å². The lowest BCUT2D eigenvalue weighted by Gasteiger charge is -2.20. The fraction of sp³-hybridized carbons (Fsp3) is 0.235. The number of carbonyl (C=O) groups is 1. The van der Waals surface area contributed by atoms with Gasteiger partial charge in [-0.05, 0) is 42.2 Å². The van der Waals surface area contributed by atoms with Crippen molar-refractivity contribution in [3.05, 3.63) is 65.2 Å². The van der Waals surface area contributed by atoms with E-state index < -0.39 is 12.0 Å². The number of benzene rings is 2. The third-order valence-electron chi connectivity index (χ3n) is 3.44. The maximum atomic E-state index is 11.4. The Labute approximate surface area is 129 Å². The first kappa shape index (κ1) is 15.4. The topological polar surface area (TPSA) is 49.3 Å². The molecule has 0 aliphatic carbocycles. The molecule has 2 aromatic carbocycles. The molecule has 3 nitrogen and oxygen atoms in total. The van der Waals surface area contributed by atoms with Crippen LogP contribution in [0.25, 0.3) is 0 Å². The molecule has 2 unspecified atom stereocenters. The smallest absolute Gasteiger partial charge is 0.326 e. The van der Waals surface area contributed by atoms with Crippen LogP contribution in [0.3, 0.4) is 0 Å². The summed E-state index contributed by atoms with van der Waals surface area (Å²) in [5.74, 6) is -0.695. The minimum Gasteiger partial charge on any atom is -0.480 e. The molecule has 0 spiro atoms. The summed E-state index contributed by atoms with van der Waals surface area (Å²) in [6.07, 6.45) is 0.516. The minimum atomic E-state index is -0.854. The van der Waals surface area contributed by atoms with E-state index in [0.717, 1.165) is 11.3 Å². The maximum absolute atomic E-state index is 11.4. The quantitative estimate of drug-likeness (QED) is 0.831. The van der Waals surface area contributed by atoms with Crippen molar-refractivity contribution < 1.29 is 9.90 Å². The van der Waals surface area contributed by atoms with Crippen molar-refractivity contribution >= 4 is 23.3 Å². The molecule has 2 N–H and O–H groups in total. The molecule has 110 valence electrons. The number of hydrogen-bond acceptors (Lipinski definition) is 2. The van der Waals surface area contributed by atoms with Gasteiger partial charge < -0.3 is 10.4 Å². The summed E-state index contributed by atoms with van der Waals surface area (Å²) >= 11 is 5.83. The van der Waals surface area contributed by atoms with Crippen LogP contribution in [0, 0.1) is 0 Å². The van der Waals surface area contributed by atoms with E-state index in [1.165, 1.54) is 0 Å². The summed E-state index contributed by atoms with van der Waals surface area (Å²) in [5, 5.41) is 13.1. The van der Waals surface area contributed by atoms with Crippen LogP contribution in [-0.4, -0.2) is 17.1 Å². The van der Waals surface area contributed by atoms with Gasteiger partial charge >= 0.3 is 5.97 Å². The number of aliphatic carboxylic acids is 1. The first-order valence-electron chi connectivity index (χ1n) is 6.86. The normalized spacial score (nSPS) is 13.4. The Kier molecular flexibility index (Phi) is 5.23. The van der Waals surface area contributed by atoms with Gasteiger partial charge in [0.05, 0.1) is 0 Å². The average Bonchev–Trinajstić information content (AvgIpc) is 2.49. The minimum absolute atomic E-state index is 0.159. The number of anilines is 1. The molecular formula is C17H18ClNO2. The molecule has 0 bridgehead atoms. The molecule has 0 amide bonds. The van der Waals surface area contributed by atoms with E-state index >= 15 is 0 Å². The highest BCUT2D eigenvalue weighted by Gasteiger charge is 2.21. The lowest BCUT2D eigenvalue weighted by molar-refractivity contribution is -0.138. The maximum Gasteiger partial charge on any atom is 0.326 e. The van der Waals surface area contributed by atoms with E-state index in [1.807, 2.05) is 37.3 Å². The number of rotatable bonds is 6. The Morgan fingerprint density at radius 1 is 1.14 bits per heavy atom. The van der Waals surface area contributed by atoms with Gasteiger partial charge in [0.2, 0.25) is 0 Å². The lowest BCUT2D eigenvalue weighted by Crippen LogP contribution is -2.30. The van der Waals surface area contributed by atoms with Crippen LogP contribution in [0.2, 0.25) is 5.02 Å². The second kappa shape index (κ2) is 7.14. The number of carboxylic acid groups (broad SMARTS) is 1. The molecule has 21 heavy (non-hydrogen) atoms. The molecule has 0 aliphatic rings. The predicted octanol–water partition coefficient (Wildman–Crippen LogP) is 4.40. The molecule has 0 aliphatic heterocycles. The highest BCUT2D eigenvalue weighted by Crippen LogP contribution is 2.23. The van der Waals surface area contributed by atoms with Crippen molar-refractivity contribution in [3.8, 4) is 0 Å². The molecule has 0 radical (unpaired) electrons. The molecule has 0 fully saturated rings. The van der Waals surface area contributed by atoms with Gasteiger partial charge in [-0.25, -0.2) is 4.79 Å². The lowest BCUT2D eigenvalue weighted by atomic mass is 9.94. The standard InChI is InChI=1S/C17H18ClNO2/c1-12(13-5-3-2-4-6-13)11-16(17(20)21)19-15-9-7-14(18)8-10-15/h2-10,12,16,19H,11H2,1H3,(H,20,21). The zero-order valence-electron chi connectivity index (χ0n) is 11.8. The fourth-order valence-corrected chi connectivity index (χ4v) is 2.37. The van der Waals surface area contributed by atoms with E-state index in [0.29, 0.717) is 11.4 Å². The third-order valence-corrected chi connectivity index (χ3v) is 3.69. The Balaban J connectivity index is 2.05. The zero-order valence-corrected chi connectivity index (χ0v) is 12.5. The van der Waals surface area contributed by atoms with E-state index in [1.54, 1.807) is 24.3 Å². The SMILES string of the molecule is CC(CC(Nc1ccc(Cl)cc1)C(=O)O)c1ccccc1. The monoisotopic (exact) mass is 303 g/mol. The molecule has 4 heteroatoms. The van der Waals surface area contributed by atoms with Crippen LogP contribution in [0.1, 0.15) is 24.8 Å². The number of carboxylic acids is 1. The molecule has 2 rings (SSSR count). The Bertz CT molecular complexity index is 583. The Morgan fingerprint density at radius 2 is 1.76 bits per heavy atom. The number of nitrogens with one attached hydrogen (secondary N) is 1. The largest absolute Gasteiger partial charge is 0.480 e. The summed E-state index contributed by atoms with van der Waals surface area (Å²) in [6, 6.07) is 16.3. The van der Waals surface area contributed by atoms with E-state index in [4.69, 9.17) is 11.6 Å². The molecule has 0 aromatic heterocycles. The van der Waals surface area contributed by atoms with Gasteiger partial charge in [-0.1, -0.05) is 48.9 Å². The molecule has 2 atom stereocenters. The number of hydrogen-bond donors (Lipinski definition) is 2. The van der Waals surface area contributed by atoms with Crippen molar-refractivity contribution in [1.82, 2.24) is 0 Å². The van der Waals surface area contributed by atoms with Gasteiger partial charge in [0.25, 0.3) is 0 Å². The van der Waals surface area contributed by atoms with Crippen molar-refractivity contribution in [3.63, 3.8) is 0 Å². The van der Waals surface area contributed by atoms with E-state index in [-0.39, 0.29) is 5.92 Å². The van der Waals surface area contributed by atoms with Crippen LogP contribution in [0.5, 0.6) is 0 Å². The predicted molar refractivity (Wildman–Crippen MR) is 86.0 cm³/mol. The van der Waals surface area contributed by atoms with Crippen molar-refractivity contribution in [1.29, 1.82) is 0 Å². The first-order valence-corrected chi connectivity index (χ1v) is 7.24. The Morgan fingerprint density at radius 3 is 2.33 bits per heavy atom. The number of halogens is 1. The summed E-state index contributed by atoms with van der Waals surface area (Å²) in [6.45, 7) is 2.04. The van der Waals surface area contributed by atoms with Gasteiger partial charge in [0.15, 0.2) is 0 Å². The van der Waals surface area contributed by atoms with E-state index in [9.17, 15) is 9.90 Å². The summed E-state index contributed by atoms with van der Waals surface area (Å²) in [7, 11) is 0. The zero-order chi connectivity index (χ0) is 15.2. The molecule has 0 saturated carbocycles. The van der Waals surface area contributed by atoms with Gasteiger partial charge in [-0.2, -0.15) is 0 Å². The van der Waals surface area contributed by atoms with Gasteiger partial charge in [0.1, 0.15) is 6.04 Å². The van der Waals surface area contributed by atoms with Crippen molar-refractivity contribution in [2.24, 2.45) is 0 Å². The fourth-order valence-electron chi connectivity index (χ4n) is 2.24. The highest BCUT2D eigenvalue weighted by atomic mass is 35.5. The second-order valence-corrected chi connectivity index (χ2v) is 5.53. The van der Waals surface area contributed by atoms with E-state index in [2.05, 4.69) is 5.32 Å². The molecule has 0 saturated heterocycles. The van der Waals surface area contributed by atoms with Gasteiger partial charge in [-0.15, -0.1) is 0 Å². The summed E-state index contributed by atoms with van der Waals surface area (Å²) in [5.41, 5.74) is 1.90. The third kappa shape index (κ3) is 4.50. The first-order chi connectivity index (χ1) is 10.1. The molecular weight excluding hydrogens is 286 g/mol. The van der Waals surface area contributed by atoms with Crippen molar-refractivity contribution in [2.75, 3.05) is 5.32 Å². The van der Waals surface area contributed by atoms with Gasteiger partial charge in [-0.3, -0.25) is 0 Å². The molecule has 0 heterocycles. The summed E-state index contributed by atoms with van der Waals surface area (Å²) < 4.78 is 0. The van der Waals surface area contributed by atoms with Crippen LogP contribution < -0.4 is 5.32 Å². The molecule has 2 aromatic rings. The van der Waals surface area contributed by atoms with Gasteiger partial charge in [0, 0.05) is 10.7 Å². The Hall–Kier alpha value is -2.00. The van der Waals surface area contributed by atoms with Crippen LogP contribution >= 0.6 is 11.6 Å². The van der Waals surface area contributed by atoms with Crippen molar-refractivity contribution in [2.45, 2.75) is 25.3 Å². The highest BCUT2D eigenvalue weighted by molar-refractivity contribution is 6.30. The van der Waals surface area contributed by atoms with Crippen LogP contribution in [0.4, 0.5) is 5.69 Å². The summed E-state index contributed by atoms with van der Waals surface area (Å²) in [4.78, 5) is 11.4. The average molecular weight is 304 g/mol. The van der Waals surface area contributed by atoms with Crippen LogP contribution in [-0.2, 0) is 4.79 Å². The second-order valence-electron chi connectivity index (χ2n) is 5.09.